The number of carbonyl (C=O) groups excluding carboxylic acids is 1. The van der Waals surface area contributed by atoms with Crippen molar-refractivity contribution in [1.82, 2.24) is 10.1 Å². The third kappa shape index (κ3) is 2.26. The smallest absolute Gasteiger partial charge is 0.276 e. The maximum absolute atomic E-state index is 12.1. The molecule has 1 aromatic heterocycles. The van der Waals surface area contributed by atoms with Gasteiger partial charge < -0.3 is 9.42 Å². The normalized spacial score (nSPS) is 21.1. The van der Waals surface area contributed by atoms with Crippen molar-refractivity contribution >= 4 is 5.91 Å². The first-order chi connectivity index (χ1) is 7.70. The SMILES string of the molecule is CC[C@H]1CCCN(C(=O)c2cc(C)on2)C1. The summed E-state index contributed by atoms with van der Waals surface area (Å²) in [5.74, 6) is 1.34. The van der Waals surface area contributed by atoms with Gasteiger partial charge in [-0.05, 0) is 25.7 Å². The molecule has 0 aliphatic carbocycles. The van der Waals surface area contributed by atoms with E-state index in [1.807, 2.05) is 4.90 Å². The first-order valence-corrected chi connectivity index (χ1v) is 5.93. The van der Waals surface area contributed by atoms with E-state index in [2.05, 4.69) is 12.1 Å². The van der Waals surface area contributed by atoms with Crippen LogP contribution in [0, 0.1) is 12.8 Å². The summed E-state index contributed by atoms with van der Waals surface area (Å²) in [4.78, 5) is 14.0. The minimum absolute atomic E-state index is 0.00926. The number of piperidine rings is 1. The molecular formula is C12H18N2O2. The van der Waals surface area contributed by atoms with E-state index >= 15 is 0 Å². The van der Waals surface area contributed by atoms with Crippen molar-refractivity contribution in [1.29, 1.82) is 0 Å². The van der Waals surface area contributed by atoms with Gasteiger partial charge in [0, 0.05) is 19.2 Å². The summed E-state index contributed by atoms with van der Waals surface area (Å²) >= 11 is 0. The second kappa shape index (κ2) is 4.68. The van der Waals surface area contributed by atoms with Crippen LogP contribution in [0.1, 0.15) is 42.4 Å². The molecule has 0 bridgehead atoms. The summed E-state index contributed by atoms with van der Waals surface area (Å²) in [7, 11) is 0. The molecule has 2 rings (SSSR count). The van der Waals surface area contributed by atoms with Crippen molar-refractivity contribution in [2.75, 3.05) is 13.1 Å². The molecule has 0 radical (unpaired) electrons. The summed E-state index contributed by atoms with van der Waals surface area (Å²) in [6.07, 6.45) is 3.47. The molecule has 0 N–H and O–H groups in total. The van der Waals surface area contributed by atoms with Crippen LogP contribution in [-0.2, 0) is 0 Å². The average Bonchev–Trinajstić information content (AvgIpc) is 2.75. The lowest BCUT2D eigenvalue weighted by molar-refractivity contribution is 0.0660. The van der Waals surface area contributed by atoms with Gasteiger partial charge in [0.2, 0.25) is 0 Å². The molecule has 4 nitrogen and oxygen atoms in total. The first-order valence-electron chi connectivity index (χ1n) is 5.93. The number of aromatic nitrogens is 1. The Kier molecular flexibility index (Phi) is 3.27. The molecule has 0 saturated carbocycles. The van der Waals surface area contributed by atoms with Gasteiger partial charge in [-0.3, -0.25) is 4.79 Å². The van der Waals surface area contributed by atoms with Crippen molar-refractivity contribution in [3.63, 3.8) is 0 Å². The van der Waals surface area contributed by atoms with Crippen LogP contribution >= 0.6 is 0 Å². The molecule has 2 heterocycles. The third-order valence-corrected chi connectivity index (χ3v) is 3.23. The van der Waals surface area contributed by atoms with E-state index < -0.39 is 0 Å². The molecule has 1 aromatic rings. The quantitative estimate of drug-likeness (QED) is 0.771. The van der Waals surface area contributed by atoms with Crippen LogP contribution in [0.15, 0.2) is 10.6 Å². The number of aryl methyl sites for hydroxylation is 1. The number of hydrogen-bond acceptors (Lipinski definition) is 3. The number of amides is 1. The van der Waals surface area contributed by atoms with Crippen LogP contribution in [0.25, 0.3) is 0 Å². The molecule has 0 aromatic carbocycles. The lowest BCUT2D eigenvalue weighted by atomic mass is 9.95. The monoisotopic (exact) mass is 222 g/mol. The van der Waals surface area contributed by atoms with Gasteiger partial charge in [0.15, 0.2) is 5.69 Å². The summed E-state index contributed by atoms with van der Waals surface area (Å²) in [6, 6.07) is 1.71. The van der Waals surface area contributed by atoms with Gasteiger partial charge in [0.05, 0.1) is 0 Å². The van der Waals surface area contributed by atoms with E-state index in [0.717, 1.165) is 25.9 Å². The highest BCUT2D eigenvalue weighted by Gasteiger charge is 2.25. The fraction of sp³-hybridized carbons (Fsp3) is 0.667. The van der Waals surface area contributed by atoms with Crippen LogP contribution in [0.5, 0.6) is 0 Å². The Hall–Kier alpha value is -1.32. The van der Waals surface area contributed by atoms with Crippen molar-refractivity contribution in [3.05, 3.63) is 17.5 Å². The molecule has 1 saturated heterocycles. The lowest BCUT2D eigenvalue weighted by Gasteiger charge is -2.31. The van der Waals surface area contributed by atoms with Gasteiger partial charge in [-0.25, -0.2) is 0 Å². The predicted molar refractivity (Wildman–Crippen MR) is 60.2 cm³/mol. The van der Waals surface area contributed by atoms with Crippen molar-refractivity contribution in [3.8, 4) is 0 Å². The van der Waals surface area contributed by atoms with Gasteiger partial charge >= 0.3 is 0 Å². The zero-order chi connectivity index (χ0) is 11.5. The number of nitrogens with zero attached hydrogens (tertiary/aromatic N) is 2. The fourth-order valence-electron chi connectivity index (χ4n) is 2.21. The average molecular weight is 222 g/mol. The zero-order valence-electron chi connectivity index (χ0n) is 9.90. The molecule has 0 spiro atoms. The third-order valence-electron chi connectivity index (χ3n) is 3.23. The molecule has 1 aliphatic rings. The van der Waals surface area contributed by atoms with Crippen molar-refractivity contribution in [2.24, 2.45) is 5.92 Å². The maximum Gasteiger partial charge on any atom is 0.276 e. The van der Waals surface area contributed by atoms with Crippen LogP contribution in [0.2, 0.25) is 0 Å². The molecule has 88 valence electrons. The van der Waals surface area contributed by atoms with Crippen LogP contribution in [-0.4, -0.2) is 29.1 Å². The fourth-order valence-corrected chi connectivity index (χ4v) is 2.21. The topological polar surface area (TPSA) is 46.3 Å². The molecule has 0 unspecified atom stereocenters. The molecule has 1 atom stereocenters. The van der Waals surface area contributed by atoms with Gasteiger partial charge in [0.25, 0.3) is 5.91 Å². The Bertz CT molecular complexity index is 373. The van der Waals surface area contributed by atoms with Crippen LogP contribution in [0.4, 0.5) is 0 Å². The summed E-state index contributed by atoms with van der Waals surface area (Å²) in [5, 5.41) is 3.78. The van der Waals surface area contributed by atoms with Gasteiger partial charge in [0.1, 0.15) is 5.76 Å². The number of likely N-dealkylation sites (tertiary alicyclic amines) is 1. The summed E-state index contributed by atoms with van der Waals surface area (Å²) in [6.45, 7) is 5.69. The van der Waals surface area contributed by atoms with E-state index in [0.29, 0.717) is 17.4 Å². The second-order valence-electron chi connectivity index (χ2n) is 4.49. The highest BCUT2D eigenvalue weighted by Crippen LogP contribution is 2.20. The predicted octanol–water partition coefficient (Wildman–Crippen LogP) is 2.25. The minimum atomic E-state index is 0.00926. The first kappa shape index (κ1) is 11.2. The molecular weight excluding hydrogens is 204 g/mol. The highest BCUT2D eigenvalue weighted by molar-refractivity contribution is 5.92. The van der Waals surface area contributed by atoms with Crippen molar-refractivity contribution < 1.29 is 9.32 Å². The van der Waals surface area contributed by atoms with E-state index in [4.69, 9.17) is 4.52 Å². The molecule has 1 fully saturated rings. The van der Waals surface area contributed by atoms with Crippen molar-refractivity contribution in [2.45, 2.75) is 33.1 Å². The Morgan fingerprint density at radius 1 is 1.69 bits per heavy atom. The lowest BCUT2D eigenvalue weighted by Crippen LogP contribution is -2.39. The van der Waals surface area contributed by atoms with E-state index in [-0.39, 0.29) is 5.91 Å². The van der Waals surface area contributed by atoms with Crippen LogP contribution in [0.3, 0.4) is 0 Å². The summed E-state index contributed by atoms with van der Waals surface area (Å²) in [5.41, 5.74) is 0.439. The zero-order valence-corrected chi connectivity index (χ0v) is 9.90. The Labute approximate surface area is 95.6 Å². The molecule has 4 heteroatoms. The van der Waals surface area contributed by atoms with Gasteiger partial charge in [-0.1, -0.05) is 18.5 Å². The standard InChI is InChI=1S/C12H18N2O2/c1-3-10-5-4-6-14(8-10)12(15)11-7-9(2)16-13-11/h7,10H,3-6,8H2,1-2H3/t10-/m0/s1. The summed E-state index contributed by atoms with van der Waals surface area (Å²) < 4.78 is 4.93. The number of rotatable bonds is 2. The number of hydrogen-bond donors (Lipinski definition) is 0. The number of carbonyl (C=O) groups is 1. The molecule has 16 heavy (non-hydrogen) atoms. The van der Waals surface area contributed by atoms with Gasteiger partial charge in [-0.15, -0.1) is 0 Å². The molecule has 1 amide bonds. The Morgan fingerprint density at radius 2 is 2.50 bits per heavy atom. The van der Waals surface area contributed by atoms with E-state index in [9.17, 15) is 4.79 Å². The second-order valence-corrected chi connectivity index (χ2v) is 4.49. The van der Waals surface area contributed by atoms with E-state index in [1.165, 1.54) is 6.42 Å². The van der Waals surface area contributed by atoms with E-state index in [1.54, 1.807) is 13.0 Å². The Morgan fingerprint density at radius 3 is 3.12 bits per heavy atom. The van der Waals surface area contributed by atoms with Crippen LogP contribution < -0.4 is 0 Å². The molecule has 1 aliphatic heterocycles. The Balaban J connectivity index is 2.04. The highest BCUT2D eigenvalue weighted by atomic mass is 16.5. The maximum atomic E-state index is 12.1. The van der Waals surface area contributed by atoms with Gasteiger partial charge in [-0.2, -0.15) is 0 Å². The largest absolute Gasteiger partial charge is 0.361 e. The minimum Gasteiger partial charge on any atom is -0.361 e.